The number of nitrogens with zero attached hydrogens (tertiary/aromatic N) is 2. The third-order valence-corrected chi connectivity index (χ3v) is 4.47. The van der Waals surface area contributed by atoms with Gasteiger partial charge in [-0.2, -0.15) is 0 Å². The lowest BCUT2D eigenvalue weighted by Gasteiger charge is -2.36. The minimum atomic E-state index is -0.00895. The standard InChI is InChI=1S/C21H32N2O3/c1-5-6-15-26-18-9-7-17(8-10-18)20(25)23-13-11-22(12-14-23)19(24)16-21(2,3)4/h7-10H,5-6,11-16H2,1-4H3. The Hall–Kier alpha value is -2.04. The van der Waals surface area contributed by atoms with E-state index in [4.69, 9.17) is 4.74 Å². The molecule has 0 spiro atoms. The zero-order valence-corrected chi connectivity index (χ0v) is 16.6. The van der Waals surface area contributed by atoms with Crippen molar-refractivity contribution in [3.63, 3.8) is 0 Å². The molecular formula is C21H32N2O3. The summed E-state index contributed by atoms with van der Waals surface area (Å²) in [5.41, 5.74) is 0.660. The predicted molar refractivity (Wildman–Crippen MR) is 103 cm³/mol. The number of rotatable bonds is 6. The van der Waals surface area contributed by atoms with E-state index in [1.54, 1.807) is 0 Å². The molecule has 1 aliphatic rings. The molecule has 26 heavy (non-hydrogen) atoms. The van der Waals surface area contributed by atoms with Crippen LogP contribution in [0.5, 0.6) is 5.75 Å². The van der Waals surface area contributed by atoms with E-state index < -0.39 is 0 Å². The van der Waals surface area contributed by atoms with Crippen LogP contribution in [0.15, 0.2) is 24.3 Å². The van der Waals surface area contributed by atoms with Crippen molar-refractivity contribution in [2.75, 3.05) is 32.8 Å². The minimum Gasteiger partial charge on any atom is -0.494 e. The molecule has 0 aromatic heterocycles. The lowest BCUT2D eigenvalue weighted by atomic mass is 9.91. The van der Waals surface area contributed by atoms with Crippen LogP contribution in [-0.4, -0.2) is 54.4 Å². The number of hydrogen-bond donors (Lipinski definition) is 0. The molecule has 1 aromatic rings. The highest BCUT2D eigenvalue weighted by atomic mass is 16.5. The van der Waals surface area contributed by atoms with Crippen LogP contribution in [0.2, 0.25) is 0 Å². The van der Waals surface area contributed by atoms with Crippen molar-refractivity contribution in [2.45, 2.75) is 47.0 Å². The number of unbranched alkanes of at least 4 members (excludes halogenated alkanes) is 1. The SMILES string of the molecule is CCCCOc1ccc(C(=O)N2CCN(C(=O)CC(C)(C)C)CC2)cc1. The van der Waals surface area contributed by atoms with Gasteiger partial charge in [-0.1, -0.05) is 34.1 Å². The van der Waals surface area contributed by atoms with Gasteiger partial charge in [0.2, 0.25) is 5.91 Å². The Bertz CT molecular complexity index is 597. The Labute approximate surface area is 157 Å². The zero-order valence-electron chi connectivity index (χ0n) is 16.6. The molecule has 0 atom stereocenters. The van der Waals surface area contributed by atoms with Crippen molar-refractivity contribution in [3.8, 4) is 5.75 Å². The van der Waals surface area contributed by atoms with Crippen LogP contribution >= 0.6 is 0 Å². The van der Waals surface area contributed by atoms with Crippen LogP contribution in [0.1, 0.15) is 57.3 Å². The Morgan fingerprint density at radius 3 is 2.12 bits per heavy atom. The van der Waals surface area contributed by atoms with Crippen LogP contribution in [0.4, 0.5) is 0 Å². The highest BCUT2D eigenvalue weighted by molar-refractivity contribution is 5.94. The molecule has 0 saturated carbocycles. The second-order valence-electron chi connectivity index (χ2n) is 8.14. The van der Waals surface area contributed by atoms with E-state index in [1.807, 2.05) is 34.1 Å². The highest BCUT2D eigenvalue weighted by Gasteiger charge is 2.27. The minimum absolute atomic E-state index is 0.00895. The molecule has 0 unspecified atom stereocenters. The Balaban J connectivity index is 1.85. The van der Waals surface area contributed by atoms with E-state index in [0.29, 0.717) is 44.8 Å². The van der Waals surface area contributed by atoms with Gasteiger partial charge in [-0.15, -0.1) is 0 Å². The normalized spacial score (nSPS) is 15.1. The number of amides is 2. The maximum absolute atomic E-state index is 12.7. The number of ether oxygens (including phenoxy) is 1. The van der Waals surface area contributed by atoms with Crippen LogP contribution in [0.25, 0.3) is 0 Å². The van der Waals surface area contributed by atoms with E-state index in [1.165, 1.54) is 0 Å². The number of carbonyl (C=O) groups excluding carboxylic acids is 2. The van der Waals surface area contributed by atoms with Gasteiger partial charge in [0.05, 0.1) is 6.61 Å². The van der Waals surface area contributed by atoms with Gasteiger partial charge in [0, 0.05) is 38.2 Å². The molecule has 1 fully saturated rings. The number of piperazine rings is 1. The Morgan fingerprint density at radius 1 is 1.00 bits per heavy atom. The van der Waals surface area contributed by atoms with Crippen molar-refractivity contribution < 1.29 is 14.3 Å². The van der Waals surface area contributed by atoms with Crippen LogP contribution in [0, 0.1) is 5.41 Å². The lowest BCUT2D eigenvalue weighted by molar-refractivity contribution is -0.134. The van der Waals surface area contributed by atoms with Crippen molar-refractivity contribution in [1.82, 2.24) is 9.80 Å². The van der Waals surface area contributed by atoms with Crippen molar-refractivity contribution in [1.29, 1.82) is 0 Å². The topological polar surface area (TPSA) is 49.9 Å². The first kappa shape index (κ1) is 20.3. The molecule has 0 aliphatic carbocycles. The number of hydrogen-bond acceptors (Lipinski definition) is 3. The summed E-state index contributed by atoms with van der Waals surface area (Å²) in [4.78, 5) is 28.7. The molecule has 2 rings (SSSR count). The molecule has 5 nitrogen and oxygen atoms in total. The predicted octanol–water partition coefficient (Wildman–Crippen LogP) is 3.59. The van der Waals surface area contributed by atoms with Gasteiger partial charge in [-0.25, -0.2) is 0 Å². The molecular weight excluding hydrogens is 328 g/mol. The number of benzene rings is 1. The molecule has 144 valence electrons. The smallest absolute Gasteiger partial charge is 0.253 e. The third kappa shape index (κ3) is 6.04. The van der Waals surface area contributed by atoms with Gasteiger partial charge < -0.3 is 14.5 Å². The van der Waals surface area contributed by atoms with Gasteiger partial charge in [0.1, 0.15) is 5.75 Å². The first-order valence-corrected chi connectivity index (χ1v) is 9.60. The summed E-state index contributed by atoms with van der Waals surface area (Å²) in [6.07, 6.45) is 2.67. The molecule has 1 aliphatic heterocycles. The quantitative estimate of drug-likeness (QED) is 0.729. The van der Waals surface area contributed by atoms with Crippen molar-refractivity contribution in [3.05, 3.63) is 29.8 Å². The number of carbonyl (C=O) groups is 2. The average molecular weight is 360 g/mol. The summed E-state index contributed by atoms with van der Waals surface area (Å²) in [5, 5.41) is 0. The fraction of sp³-hybridized carbons (Fsp3) is 0.619. The largest absolute Gasteiger partial charge is 0.494 e. The third-order valence-electron chi connectivity index (χ3n) is 4.47. The maximum atomic E-state index is 12.7. The van der Waals surface area contributed by atoms with E-state index >= 15 is 0 Å². The Morgan fingerprint density at radius 2 is 1.58 bits per heavy atom. The summed E-state index contributed by atoms with van der Waals surface area (Å²) in [6.45, 7) is 11.4. The molecule has 0 radical (unpaired) electrons. The van der Waals surface area contributed by atoms with E-state index in [-0.39, 0.29) is 17.2 Å². The van der Waals surface area contributed by atoms with E-state index in [9.17, 15) is 9.59 Å². The van der Waals surface area contributed by atoms with E-state index in [0.717, 1.165) is 18.6 Å². The van der Waals surface area contributed by atoms with Crippen LogP contribution in [0.3, 0.4) is 0 Å². The summed E-state index contributed by atoms with van der Waals surface area (Å²) in [6, 6.07) is 7.35. The lowest BCUT2D eigenvalue weighted by Crippen LogP contribution is -2.51. The monoisotopic (exact) mass is 360 g/mol. The maximum Gasteiger partial charge on any atom is 0.253 e. The fourth-order valence-corrected chi connectivity index (χ4v) is 2.94. The van der Waals surface area contributed by atoms with Crippen LogP contribution in [-0.2, 0) is 4.79 Å². The molecule has 2 amide bonds. The van der Waals surface area contributed by atoms with E-state index in [2.05, 4.69) is 27.7 Å². The molecule has 1 heterocycles. The van der Waals surface area contributed by atoms with Gasteiger partial charge in [-0.3, -0.25) is 9.59 Å². The molecule has 1 saturated heterocycles. The van der Waals surface area contributed by atoms with Gasteiger partial charge in [0.15, 0.2) is 0 Å². The van der Waals surface area contributed by atoms with Gasteiger partial charge in [-0.05, 0) is 36.1 Å². The second kappa shape index (κ2) is 9.06. The summed E-state index contributed by atoms with van der Waals surface area (Å²) < 4.78 is 5.64. The zero-order chi connectivity index (χ0) is 19.2. The second-order valence-corrected chi connectivity index (χ2v) is 8.14. The van der Waals surface area contributed by atoms with Crippen LogP contribution < -0.4 is 4.74 Å². The summed E-state index contributed by atoms with van der Waals surface area (Å²) >= 11 is 0. The molecule has 0 N–H and O–H groups in total. The van der Waals surface area contributed by atoms with Crippen molar-refractivity contribution >= 4 is 11.8 Å². The first-order chi connectivity index (χ1) is 12.3. The van der Waals surface area contributed by atoms with Crippen molar-refractivity contribution in [2.24, 2.45) is 5.41 Å². The van der Waals surface area contributed by atoms with Gasteiger partial charge in [0.25, 0.3) is 5.91 Å². The van der Waals surface area contributed by atoms with Gasteiger partial charge >= 0.3 is 0 Å². The summed E-state index contributed by atoms with van der Waals surface area (Å²) in [7, 11) is 0. The first-order valence-electron chi connectivity index (χ1n) is 9.60. The fourth-order valence-electron chi connectivity index (χ4n) is 2.94. The average Bonchev–Trinajstić information content (AvgIpc) is 2.61. The highest BCUT2D eigenvalue weighted by Crippen LogP contribution is 2.21. The Kier molecular flexibility index (Phi) is 7.06. The molecule has 0 bridgehead atoms. The summed E-state index contributed by atoms with van der Waals surface area (Å²) in [5.74, 6) is 0.999. The molecule has 1 aromatic carbocycles. The molecule has 5 heteroatoms.